The van der Waals surface area contributed by atoms with Crippen LogP contribution in [0.5, 0.6) is 5.75 Å². The molecule has 0 unspecified atom stereocenters. The molecular weight excluding hydrogens is 176 g/mol. The predicted molar refractivity (Wildman–Crippen MR) is 52.7 cm³/mol. The van der Waals surface area contributed by atoms with Gasteiger partial charge in [-0.3, -0.25) is 4.98 Å². The van der Waals surface area contributed by atoms with Crippen molar-refractivity contribution in [1.82, 2.24) is 4.98 Å². The molecule has 0 amide bonds. The fourth-order valence-electron chi connectivity index (χ4n) is 1.45. The summed E-state index contributed by atoms with van der Waals surface area (Å²) < 4.78 is 0. The van der Waals surface area contributed by atoms with Gasteiger partial charge in [0.1, 0.15) is 5.75 Å². The monoisotopic (exact) mass is 184 g/mol. The lowest BCUT2D eigenvalue weighted by Gasteiger charge is -2.04. The molecule has 1 aromatic carbocycles. The molecule has 2 aromatic rings. The first-order chi connectivity index (χ1) is 6.83. The number of nitrogens with zero attached hydrogens (tertiary/aromatic N) is 2. The molecule has 0 saturated carbocycles. The lowest BCUT2D eigenvalue weighted by Crippen LogP contribution is -1.88. The van der Waals surface area contributed by atoms with Crippen molar-refractivity contribution in [1.29, 1.82) is 5.26 Å². The third-order valence-electron chi connectivity index (χ3n) is 2.12. The number of fused-ring (bicyclic) bond motifs is 1. The fraction of sp³-hybridized carbons (Fsp3) is 0.0909. The van der Waals surface area contributed by atoms with E-state index >= 15 is 0 Å². The van der Waals surface area contributed by atoms with Crippen LogP contribution in [0.4, 0.5) is 0 Å². The van der Waals surface area contributed by atoms with Gasteiger partial charge in [0.25, 0.3) is 0 Å². The minimum atomic E-state index is 0.0882. The van der Waals surface area contributed by atoms with Gasteiger partial charge < -0.3 is 5.11 Å². The van der Waals surface area contributed by atoms with Crippen molar-refractivity contribution in [2.24, 2.45) is 0 Å². The first-order valence-corrected chi connectivity index (χ1v) is 4.25. The number of hydrogen-bond donors (Lipinski definition) is 1. The third-order valence-corrected chi connectivity index (χ3v) is 2.12. The number of pyridine rings is 1. The van der Waals surface area contributed by atoms with E-state index in [1.165, 1.54) is 6.20 Å². The van der Waals surface area contributed by atoms with Crippen LogP contribution >= 0.6 is 0 Å². The highest BCUT2D eigenvalue weighted by molar-refractivity contribution is 5.84. The normalized spacial score (nSPS) is 9.93. The molecule has 0 aliphatic carbocycles. The molecule has 14 heavy (non-hydrogen) atoms. The maximum absolute atomic E-state index is 9.53. The van der Waals surface area contributed by atoms with Crippen molar-refractivity contribution in [2.75, 3.05) is 0 Å². The van der Waals surface area contributed by atoms with E-state index in [1.54, 1.807) is 0 Å². The molecule has 0 aliphatic heterocycles. The predicted octanol–water partition coefficient (Wildman–Crippen LogP) is 2.01. The van der Waals surface area contributed by atoms with Gasteiger partial charge >= 0.3 is 0 Å². The van der Waals surface area contributed by atoms with E-state index in [9.17, 15) is 5.11 Å². The maximum atomic E-state index is 9.53. The summed E-state index contributed by atoms with van der Waals surface area (Å²) in [5.74, 6) is 0.0882. The highest BCUT2D eigenvalue weighted by Crippen LogP contribution is 2.24. The van der Waals surface area contributed by atoms with Gasteiger partial charge in [-0.25, -0.2) is 0 Å². The average molecular weight is 184 g/mol. The first kappa shape index (κ1) is 8.52. The smallest absolute Gasteiger partial charge is 0.138 e. The summed E-state index contributed by atoms with van der Waals surface area (Å²) in [6.07, 6.45) is 1.59. The number of aromatic nitrogens is 1. The van der Waals surface area contributed by atoms with Crippen LogP contribution in [0.3, 0.4) is 0 Å². The van der Waals surface area contributed by atoms with Crippen LogP contribution in [0, 0.1) is 11.3 Å². The fourth-order valence-corrected chi connectivity index (χ4v) is 1.45. The standard InChI is InChI=1S/C11H8N2O/c12-6-5-9-8-3-1-2-4-10(8)13-7-11(9)14/h1-4,7,14H,5H2. The molecule has 2 rings (SSSR count). The van der Waals surface area contributed by atoms with Crippen molar-refractivity contribution in [3.63, 3.8) is 0 Å². The molecule has 68 valence electrons. The molecule has 0 fully saturated rings. The molecule has 3 heteroatoms. The topological polar surface area (TPSA) is 56.9 Å². The summed E-state index contributed by atoms with van der Waals surface area (Å²) in [6.45, 7) is 0. The Kier molecular flexibility index (Phi) is 2.04. The van der Waals surface area contributed by atoms with Gasteiger partial charge in [0.15, 0.2) is 0 Å². The van der Waals surface area contributed by atoms with Crippen molar-refractivity contribution in [3.05, 3.63) is 36.0 Å². The van der Waals surface area contributed by atoms with E-state index in [-0.39, 0.29) is 12.2 Å². The van der Waals surface area contributed by atoms with Crippen molar-refractivity contribution >= 4 is 10.9 Å². The van der Waals surface area contributed by atoms with Gasteiger partial charge in [0, 0.05) is 10.9 Å². The molecule has 1 aromatic heterocycles. The summed E-state index contributed by atoms with van der Waals surface area (Å²) in [6, 6.07) is 9.48. The molecule has 0 bridgehead atoms. The first-order valence-electron chi connectivity index (χ1n) is 4.25. The van der Waals surface area contributed by atoms with E-state index < -0.39 is 0 Å². The molecule has 1 N–H and O–H groups in total. The number of nitriles is 1. The highest BCUT2D eigenvalue weighted by Gasteiger charge is 2.06. The summed E-state index contributed by atoms with van der Waals surface area (Å²) in [5.41, 5.74) is 1.45. The molecule has 0 aliphatic rings. The molecular formula is C11H8N2O. The Balaban J connectivity index is 2.77. The molecule has 0 spiro atoms. The second kappa shape index (κ2) is 3.35. The lowest BCUT2D eigenvalue weighted by molar-refractivity contribution is 0.468. The Bertz CT molecular complexity index is 514. The van der Waals surface area contributed by atoms with Crippen LogP contribution in [0.25, 0.3) is 10.9 Å². The Morgan fingerprint density at radius 2 is 2.14 bits per heavy atom. The van der Waals surface area contributed by atoms with Gasteiger partial charge in [0.2, 0.25) is 0 Å². The summed E-state index contributed by atoms with van der Waals surface area (Å²) in [7, 11) is 0. The van der Waals surface area contributed by atoms with E-state index in [2.05, 4.69) is 4.98 Å². The average Bonchev–Trinajstić information content (AvgIpc) is 2.23. The van der Waals surface area contributed by atoms with Crippen LogP contribution in [-0.4, -0.2) is 10.1 Å². The van der Waals surface area contributed by atoms with E-state index in [1.807, 2.05) is 30.3 Å². The van der Waals surface area contributed by atoms with E-state index in [0.29, 0.717) is 5.56 Å². The summed E-state index contributed by atoms with van der Waals surface area (Å²) in [5, 5.41) is 19.0. The van der Waals surface area contributed by atoms with Crippen LogP contribution < -0.4 is 0 Å². The Morgan fingerprint density at radius 1 is 1.36 bits per heavy atom. The third kappa shape index (κ3) is 1.27. The number of hydrogen-bond acceptors (Lipinski definition) is 3. The molecule has 3 nitrogen and oxygen atoms in total. The summed E-state index contributed by atoms with van der Waals surface area (Å²) >= 11 is 0. The van der Waals surface area contributed by atoms with Gasteiger partial charge in [-0.15, -0.1) is 0 Å². The zero-order valence-corrected chi connectivity index (χ0v) is 7.44. The zero-order valence-electron chi connectivity index (χ0n) is 7.44. The number of para-hydroxylation sites is 1. The maximum Gasteiger partial charge on any atom is 0.138 e. The molecule has 0 saturated heterocycles. The Hall–Kier alpha value is -2.08. The van der Waals surface area contributed by atoms with Crippen LogP contribution in [0.1, 0.15) is 5.56 Å². The minimum Gasteiger partial charge on any atom is -0.506 e. The lowest BCUT2D eigenvalue weighted by atomic mass is 10.1. The SMILES string of the molecule is N#CCc1c(O)cnc2ccccc12. The van der Waals surface area contributed by atoms with E-state index in [4.69, 9.17) is 5.26 Å². The van der Waals surface area contributed by atoms with Crippen LogP contribution in [0.2, 0.25) is 0 Å². The van der Waals surface area contributed by atoms with Crippen molar-refractivity contribution in [3.8, 4) is 11.8 Å². The second-order valence-electron chi connectivity index (χ2n) is 2.97. The van der Waals surface area contributed by atoms with Gasteiger partial charge in [-0.2, -0.15) is 5.26 Å². The second-order valence-corrected chi connectivity index (χ2v) is 2.97. The van der Waals surface area contributed by atoms with Gasteiger partial charge in [-0.05, 0) is 6.07 Å². The largest absolute Gasteiger partial charge is 0.506 e. The summed E-state index contributed by atoms with van der Waals surface area (Å²) in [4.78, 5) is 4.06. The van der Waals surface area contributed by atoms with Gasteiger partial charge in [0.05, 0.1) is 24.2 Å². The minimum absolute atomic E-state index is 0.0882. The number of benzene rings is 1. The Morgan fingerprint density at radius 3 is 2.93 bits per heavy atom. The van der Waals surface area contributed by atoms with Crippen LogP contribution in [-0.2, 0) is 6.42 Å². The molecule has 0 radical (unpaired) electrons. The van der Waals surface area contributed by atoms with Crippen molar-refractivity contribution in [2.45, 2.75) is 6.42 Å². The van der Waals surface area contributed by atoms with Crippen LogP contribution in [0.15, 0.2) is 30.5 Å². The van der Waals surface area contributed by atoms with Crippen molar-refractivity contribution < 1.29 is 5.11 Å². The van der Waals surface area contributed by atoms with E-state index in [0.717, 1.165) is 10.9 Å². The highest BCUT2D eigenvalue weighted by atomic mass is 16.3. The Labute approximate surface area is 81.2 Å². The molecule has 0 atom stereocenters. The molecule has 1 heterocycles. The number of aromatic hydroxyl groups is 1. The number of rotatable bonds is 1. The van der Waals surface area contributed by atoms with Gasteiger partial charge in [-0.1, -0.05) is 18.2 Å². The quantitative estimate of drug-likeness (QED) is 0.737. The zero-order chi connectivity index (χ0) is 9.97.